The third kappa shape index (κ3) is 5.81. The second-order valence-corrected chi connectivity index (χ2v) is 12.9. The number of ether oxygens (including phenoxy) is 1. The van der Waals surface area contributed by atoms with Crippen LogP contribution in [0.5, 0.6) is 0 Å². The van der Waals surface area contributed by atoms with Crippen LogP contribution in [0, 0.1) is 5.92 Å². The normalized spacial score (nSPS) is 27.6. The molecule has 1 aromatic carbocycles. The van der Waals surface area contributed by atoms with E-state index in [1.165, 1.54) is 32.4 Å². The summed E-state index contributed by atoms with van der Waals surface area (Å²) in [6.45, 7) is 3.89. The molecular formula is C26H38ClN3O4S. The molecule has 9 heteroatoms. The number of carbonyl (C=O) groups excluding carboxylic acids is 1. The summed E-state index contributed by atoms with van der Waals surface area (Å²) < 4.78 is 34.9. The zero-order valence-electron chi connectivity index (χ0n) is 20.5. The number of nitrogens with zero attached hydrogens (tertiary/aromatic N) is 3. The first-order chi connectivity index (χ1) is 16.9. The minimum atomic E-state index is -3.71. The molecule has 3 heterocycles. The lowest BCUT2D eigenvalue weighted by molar-refractivity contribution is 0.0430. The molecule has 35 heavy (non-hydrogen) atoms. The van der Waals surface area contributed by atoms with Gasteiger partial charge in [-0.05, 0) is 94.6 Å². The number of rotatable bonds is 6. The van der Waals surface area contributed by atoms with Crippen molar-refractivity contribution >= 4 is 27.7 Å². The molecule has 194 valence electrons. The fourth-order valence-electron chi connectivity index (χ4n) is 6.23. The topological polar surface area (TPSA) is 70.2 Å². The van der Waals surface area contributed by atoms with Crippen LogP contribution < -0.4 is 0 Å². The van der Waals surface area contributed by atoms with Crippen LogP contribution in [-0.2, 0) is 14.8 Å². The summed E-state index contributed by atoms with van der Waals surface area (Å²) in [6.07, 6.45) is 10.2. The highest BCUT2D eigenvalue weighted by molar-refractivity contribution is 7.89. The van der Waals surface area contributed by atoms with Crippen LogP contribution in [0.25, 0.3) is 0 Å². The van der Waals surface area contributed by atoms with Crippen molar-refractivity contribution in [1.82, 2.24) is 14.1 Å². The number of halogens is 1. The van der Waals surface area contributed by atoms with Gasteiger partial charge in [0.1, 0.15) is 6.61 Å². The Morgan fingerprint density at radius 1 is 0.886 bits per heavy atom. The van der Waals surface area contributed by atoms with Gasteiger partial charge in [-0.3, -0.25) is 0 Å². The highest BCUT2D eigenvalue weighted by atomic mass is 35.5. The monoisotopic (exact) mass is 523 g/mol. The van der Waals surface area contributed by atoms with Gasteiger partial charge in [-0.25, -0.2) is 13.2 Å². The van der Waals surface area contributed by atoms with Gasteiger partial charge >= 0.3 is 6.09 Å². The average Bonchev–Trinajstić information content (AvgIpc) is 3.73. The fourth-order valence-corrected chi connectivity index (χ4v) is 8.27. The lowest BCUT2D eigenvalue weighted by Crippen LogP contribution is -2.53. The number of piperidine rings is 3. The molecule has 0 N–H and O–H groups in total. The van der Waals surface area contributed by atoms with E-state index in [1.807, 2.05) is 0 Å². The van der Waals surface area contributed by atoms with Crippen molar-refractivity contribution < 1.29 is 17.9 Å². The molecule has 4 fully saturated rings. The molecule has 1 aliphatic carbocycles. The van der Waals surface area contributed by atoms with Gasteiger partial charge in [0.25, 0.3) is 0 Å². The first-order valence-corrected chi connectivity index (χ1v) is 15.2. The van der Waals surface area contributed by atoms with Gasteiger partial charge < -0.3 is 14.5 Å². The largest absolute Gasteiger partial charge is 0.448 e. The lowest BCUT2D eigenvalue weighted by Gasteiger charge is -2.42. The molecule has 0 aromatic heterocycles. The Morgan fingerprint density at radius 3 is 2.23 bits per heavy atom. The maximum Gasteiger partial charge on any atom is 0.409 e. The molecule has 1 unspecified atom stereocenters. The quantitative estimate of drug-likeness (QED) is 0.538. The highest BCUT2D eigenvalue weighted by Crippen LogP contribution is 2.43. The molecule has 0 radical (unpaired) electrons. The van der Waals surface area contributed by atoms with Gasteiger partial charge in [0.05, 0.1) is 10.9 Å². The van der Waals surface area contributed by atoms with Gasteiger partial charge in [0.2, 0.25) is 10.0 Å². The van der Waals surface area contributed by atoms with Gasteiger partial charge in [-0.2, -0.15) is 4.31 Å². The molecule has 7 nitrogen and oxygen atoms in total. The average molecular weight is 524 g/mol. The standard InChI is InChI=1S/C26H38ClN3O4S/c27-21-9-11-24(12-10-21)35(32,33)30-23(5-4-6-25(30)20-7-8-20)19-34-26(31)29-17-13-22(14-18-29)28-15-2-1-3-16-28/h9-12,20,22-23,25H,1-8,13-19H2/t23-,25?/m1/s1. The molecule has 1 saturated carbocycles. The smallest absolute Gasteiger partial charge is 0.409 e. The molecule has 1 amide bonds. The molecule has 0 bridgehead atoms. The zero-order valence-corrected chi connectivity index (χ0v) is 22.1. The summed E-state index contributed by atoms with van der Waals surface area (Å²) in [5.74, 6) is 0.407. The maximum atomic E-state index is 13.7. The summed E-state index contributed by atoms with van der Waals surface area (Å²) in [6, 6.07) is 6.60. The first kappa shape index (κ1) is 25.3. The van der Waals surface area contributed by atoms with Gasteiger partial charge in [-0.15, -0.1) is 0 Å². The summed E-state index contributed by atoms with van der Waals surface area (Å²) in [5.41, 5.74) is 0. The maximum absolute atomic E-state index is 13.7. The SMILES string of the molecule is O=C(OC[C@H]1CCCC(C2CC2)N1S(=O)(=O)c1ccc(Cl)cc1)N1CCC(N2CCCCC2)CC1. The number of likely N-dealkylation sites (tertiary alicyclic amines) is 2. The predicted molar refractivity (Wildman–Crippen MR) is 136 cm³/mol. The van der Waals surface area contributed by atoms with E-state index in [9.17, 15) is 13.2 Å². The number of carbonyl (C=O) groups is 1. The molecule has 1 aromatic rings. The van der Waals surface area contributed by atoms with E-state index in [4.69, 9.17) is 16.3 Å². The Morgan fingerprint density at radius 2 is 1.57 bits per heavy atom. The molecule has 4 aliphatic rings. The third-order valence-electron chi connectivity index (χ3n) is 8.31. The lowest BCUT2D eigenvalue weighted by atomic mass is 9.96. The molecular weight excluding hydrogens is 486 g/mol. The van der Waals surface area contributed by atoms with E-state index in [1.54, 1.807) is 33.5 Å². The van der Waals surface area contributed by atoms with Crippen LogP contribution in [-0.4, -0.2) is 79.5 Å². The fraction of sp³-hybridized carbons (Fsp3) is 0.731. The predicted octanol–water partition coefficient (Wildman–Crippen LogP) is 4.75. The van der Waals surface area contributed by atoms with E-state index in [2.05, 4.69) is 4.90 Å². The van der Waals surface area contributed by atoms with E-state index >= 15 is 0 Å². The summed E-state index contributed by atoms with van der Waals surface area (Å²) in [7, 11) is -3.71. The minimum Gasteiger partial charge on any atom is -0.448 e. The number of hydrogen-bond donors (Lipinski definition) is 0. The summed E-state index contributed by atoms with van der Waals surface area (Å²) in [5, 5.41) is 0.510. The van der Waals surface area contributed by atoms with Crippen LogP contribution >= 0.6 is 11.6 Å². The zero-order chi connectivity index (χ0) is 24.4. The van der Waals surface area contributed by atoms with Crippen molar-refractivity contribution in [3.63, 3.8) is 0 Å². The van der Waals surface area contributed by atoms with Gasteiger partial charge in [-0.1, -0.05) is 24.4 Å². The van der Waals surface area contributed by atoms with Crippen LogP contribution in [0.3, 0.4) is 0 Å². The van der Waals surface area contributed by atoms with Gasteiger partial charge in [0.15, 0.2) is 0 Å². The Balaban J connectivity index is 1.22. The molecule has 2 atom stereocenters. The molecule has 0 spiro atoms. The summed E-state index contributed by atoms with van der Waals surface area (Å²) in [4.78, 5) is 17.6. The van der Waals surface area contributed by atoms with Crippen molar-refractivity contribution in [3.8, 4) is 0 Å². The Bertz CT molecular complexity index is 971. The number of sulfonamides is 1. The minimum absolute atomic E-state index is 0.0200. The first-order valence-electron chi connectivity index (χ1n) is 13.4. The second kappa shape index (κ2) is 11.0. The van der Waals surface area contributed by atoms with Crippen LogP contribution in [0.2, 0.25) is 5.02 Å². The third-order valence-corrected chi connectivity index (χ3v) is 10.6. The Kier molecular flexibility index (Phi) is 7.92. The van der Waals surface area contributed by atoms with Crippen LogP contribution in [0.1, 0.15) is 64.2 Å². The number of hydrogen-bond acceptors (Lipinski definition) is 5. The highest BCUT2D eigenvalue weighted by Gasteiger charge is 2.46. The van der Waals surface area contributed by atoms with E-state index in [0.29, 0.717) is 36.5 Å². The Labute approximate surface area is 214 Å². The van der Waals surface area contributed by atoms with E-state index in [0.717, 1.165) is 38.5 Å². The van der Waals surface area contributed by atoms with E-state index in [-0.39, 0.29) is 29.7 Å². The number of amides is 1. The van der Waals surface area contributed by atoms with Gasteiger partial charge in [0, 0.05) is 30.2 Å². The van der Waals surface area contributed by atoms with Crippen molar-refractivity contribution in [1.29, 1.82) is 0 Å². The molecule has 3 saturated heterocycles. The van der Waals surface area contributed by atoms with Crippen LogP contribution in [0.4, 0.5) is 4.79 Å². The van der Waals surface area contributed by atoms with Crippen molar-refractivity contribution in [2.24, 2.45) is 5.92 Å². The van der Waals surface area contributed by atoms with Crippen molar-refractivity contribution in [2.45, 2.75) is 87.2 Å². The van der Waals surface area contributed by atoms with Crippen LogP contribution in [0.15, 0.2) is 29.2 Å². The van der Waals surface area contributed by atoms with Crippen molar-refractivity contribution in [3.05, 3.63) is 29.3 Å². The second-order valence-electron chi connectivity index (χ2n) is 10.7. The molecule has 5 rings (SSSR count). The number of benzene rings is 1. The summed E-state index contributed by atoms with van der Waals surface area (Å²) >= 11 is 6.00. The van der Waals surface area contributed by atoms with E-state index < -0.39 is 10.0 Å². The molecule has 3 aliphatic heterocycles. The Hall–Kier alpha value is -1.35. The van der Waals surface area contributed by atoms with Crippen molar-refractivity contribution in [2.75, 3.05) is 32.8 Å².